The van der Waals surface area contributed by atoms with Crippen molar-refractivity contribution in [3.63, 3.8) is 0 Å². The lowest BCUT2D eigenvalue weighted by molar-refractivity contribution is -0.385. The number of halogens is 1. The molecule has 0 amide bonds. The molecule has 0 N–H and O–H groups in total. The van der Waals surface area contributed by atoms with Gasteiger partial charge in [-0.15, -0.1) is 0 Å². The molecule has 0 aromatic heterocycles. The van der Waals surface area contributed by atoms with Crippen molar-refractivity contribution in [2.45, 2.75) is 0 Å². The molecule has 0 bridgehead atoms. The fourth-order valence-corrected chi connectivity index (χ4v) is 0.997. The molecular weight excluding hydrogens is 222 g/mol. The van der Waals surface area contributed by atoms with E-state index >= 15 is 0 Å². The minimum Gasteiger partial charge on any atom is -0.277 e. The maximum atomic E-state index is 10.6. The lowest BCUT2D eigenvalue weighted by Crippen LogP contribution is -1.95. The zero-order valence-corrected chi connectivity index (χ0v) is 8.01. The predicted octanol–water partition coefficient (Wildman–Crippen LogP) is 1.97. The first-order chi connectivity index (χ1) is 7.19. The summed E-state index contributed by atoms with van der Waals surface area (Å²) in [5.41, 5.74) is 0.178. The van der Waals surface area contributed by atoms with E-state index < -0.39 is 4.92 Å². The van der Waals surface area contributed by atoms with E-state index in [9.17, 15) is 10.1 Å². The normalized spacial score (nSPS) is 9.87. The molecule has 0 aliphatic carbocycles. The fraction of sp³-hybridized carbons (Fsp3) is 0. The number of rotatable bonds is 3. The van der Waals surface area contributed by atoms with Crippen LogP contribution >= 0.6 is 11.9 Å². The second-order valence-electron chi connectivity index (χ2n) is 2.45. The van der Waals surface area contributed by atoms with Gasteiger partial charge in [-0.3, -0.25) is 14.5 Å². The van der Waals surface area contributed by atoms with Crippen molar-refractivity contribution >= 4 is 23.8 Å². The van der Waals surface area contributed by atoms with Crippen LogP contribution in [0.4, 0.5) is 5.69 Å². The molecule has 0 fully saturated rings. The molecule has 6 nitrogen and oxygen atoms in total. The van der Waals surface area contributed by atoms with Crippen molar-refractivity contribution in [1.82, 2.24) is 0 Å². The van der Waals surface area contributed by atoms with Gasteiger partial charge >= 0.3 is 0 Å². The molecule has 0 atom stereocenters. The Balaban J connectivity index is 3.22. The number of nitrogens with zero attached hydrogens (tertiary/aromatic N) is 3. The van der Waals surface area contributed by atoms with Gasteiger partial charge in [-0.25, -0.2) is 0 Å². The standard InChI is InChI=1S/C8H4ClN3O3/c9-15-11-5-7-2-1-6(4-10)3-8(7)12(13)14/h1-3,5H. The molecule has 0 unspecified atom stereocenters. The SMILES string of the molecule is N#Cc1ccc(C=NOCl)c([N+](=O)[O-])c1. The molecule has 0 saturated heterocycles. The minimum absolute atomic E-state index is 0.200. The zero-order chi connectivity index (χ0) is 11.3. The molecule has 15 heavy (non-hydrogen) atoms. The first-order valence-electron chi connectivity index (χ1n) is 3.68. The summed E-state index contributed by atoms with van der Waals surface area (Å²) in [4.78, 5) is 10.00. The third kappa shape index (κ3) is 2.65. The Morgan fingerprint density at radius 2 is 2.40 bits per heavy atom. The van der Waals surface area contributed by atoms with Crippen LogP contribution in [0.2, 0.25) is 0 Å². The molecule has 1 aromatic carbocycles. The van der Waals surface area contributed by atoms with Crippen LogP contribution in [-0.4, -0.2) is 11.1 Å². The molecule has 1 aromatic rings. The predicted molar refractivity (Wildman–Crippen MR) is 52.3 cm³/mol. The maximum absolute atomic E-state index is 10.6. The number of nitro groups is 1. The Labute approximate surface area is 89.6 Å². The molecule has 0 aliphatic rings. The van der Waals surface area contributed by atoms with Crippen molar-refractivity contribution in [2.24, 2.45) is 5.16 Å². The van der Waals surface area contributed by atoms with Crippen LogP contribution in [0.3, 0.4) is 0 Å². The van der Waals surface area contributed by atoms with Gasteiger partial charge in [0, 0.05) is 6.07 Å². The largest absolute Gasteiger partial charge is 0.279 e. The summed E-state index contributed by atoms with van der Waals surface area (Å²) in [5.74, 6) is 0. The van der Waals surface area contributed by atoms with E-state index in [2.05, 4.69) is 9.55 Å². The topological polar surface area (TPSA) is 88.5 Å². The highest BCUT2D eigenvalue weighted by atomic mass is 35.5. The van der Waals surface area contributed by atoms with Crippen LogP contribution in [0.25, 0.3) is 0 Å². The third-order valence-corrected chi connectivity index (χ3v) is 1.67. The smallest absolute Gasteiger partial charge is 0.277 e. The lowest BCUT2D eigenvalue weighted by atomic mass is 10.1. The molecule has 0 radical (unpaired) electrons. The van der Waals surface area contributed by atoms with Crippen LogP contribution in [0, 0.1) is 21.4 Å². The second kappa shape index (κ2) is 4.93. The Hall–Kier alpha value is -2.13. The molecule has 76 valence electrons. The summed E-state index contributed by atoms with van der Waals surface area (Å²) in [6.45, 7) is 0. The molecule has 0 saturated carbocycles. The quantitative estimate of drug-likeness (QED) is 0.447. The average molecular weight is 226 g/mol. The second-order valence-corrected chi connectivity index (χ2v) is 2.58. The van der Waals surface area contributed by atoms with E-state index in [1.54, 1.807) is 6.07 Å². The van der Waals surface area contributed by atoms with Gasteiger partial charge in [-0.1, -0.05) is 5.16 Å². The number of nitro benzene ring substituents is 1. The van der Waals surface area contributed by atoms with Gasteiger partial charge in [0.2, 0.25) is 0 Å². The number of hydrogen-bond donors (Lipinski definition) is 0. The molecular formula is C8H4ClN3O3. The molecule has 0 heterocycles. The van der Waals surface area contributed by atoms with Crippen molar-refractivity contribution in [3.05, 3.63) is 39.4 Å². The van der Waals surface area contributed by atoms with Crippen molar-refractivity contribution < 1.29 is 9.31 Å². The minimum atomic E-state index is -0.615. The van der Waals surface area contributed by atoms with Crippen LogP contribution in [0.1, 0.15) is 11.1 Å². The van der Waals surface area contributed by atoms with Gasteiger partial charge in [0.05, 0.1) is 28.3 Å². The third-order valence-electron chi connectivity index (χ3n) is 1.59. The van der Waals surface area contributed by atoms with Crippen LogP contribution < -0.4 is 0 Å². The fourth-order valence-electron chi connectivity index (χ4n) is 0.957. The van der Waals surface area contributed by atoms with Crippen LogP contribution in [0.5, 0.6) is 0 Å². The molecule has 1 rings (SSSR count). The number of benzene rings is 1. The highest BCUT2D eigenvalue weighted by molar-refractivity contribution is 6.07. The average Bonchev–Trinajstić information content (AvgIpc) is 2.26. The molecule has 7 heteroatoms. The zero-order valence-electron chi connectivity index (χ0n) is 7.25. The van der Waals surface area contributed by atoms with Gasteiger partial charge in [0.15, 0.2) is 11.9 Å². The van der Waals surface area contributed by atoms with E-state index in [-0.39, 0.29) is 16.8 Å². The van der Waals surface area contributed by atoms with Gasteiger partial charge < -0.3 is 0 Å². The van der Waals surface area contributed by atoms with Crippen molar-refractivity contribution in [2.75, 3.05) is 0 Å². The first-order valence-corrected chi connectivity index (χ1v) is 3.99. The van der Waals surface area contributed by atoms with E-state index in [1.165, 1.54) is 12.1 Å². The van der Waals surface area contributed by atoms with Crippen LogP contribution in [-0.2, 0) is 4.39 Å². The Bertz CT molecular complexity index is 453. The van der Waals surface area contributed by atoms with Crippen molar-refractivity contribution in [1.29, 1.82) is 5.26 Å². The Morgan fingerprint density at radius 3 is 2.93 bits per heavy atom. The summed E-state index contributed by atoms with van der Waals surface area (Å²) in [6, 6.07) is 5.77. The maximum Gasteiger partial charge on any atom is 0.279 e. The highest BCUT2D eigenvalue weighted by Crippen LogP contribution is 2.18. The van der Waals surface area contributed by atoms with E-state index in [0.717, 1.165) is 12.3 Å². The van der Waals surface area contributed by atoms with Crippen LogP contribution in [0.15, 0.2) is 23.4 Å². The summed E-state index contributed by atoms with van der Waals surface area (Å²) in [6.07, 6.45) is 1.09. The molecule has 0 spiro atoms. The number of nitriles is 1. The summed E-state index contributed by atoms with van der Waals surface area (Å²) < 4.78 is 3.89. The lowest BCUT2D eigenvalue weighted by Gasteiger charge is -1.96. The monoisotopic (exact) mass is 225 g/mol. The van der Waals surface area contributed by atoms with Crippen molar-refractivity contribution in [3.8, 4) is 6.07 Å². The highest BCUT2D eigenvalue weighted by Gasteiger charge is 2.12. The number of hydrogen-bond acceptors (Lipinski definition) is 5. The van der Waals surface area contributed by atoms with E-state index in [4.69, 9.17) is 17.1 Å². The summed E-state index contributed by atoms with van der Waals surface area (Å²) in [5, 5.41) is 22.4. The van der Waals surface area contributed by atoms with Gasteiger partial charge in [0.1, 0.15) is 0 Å². The Kier molecular flexibility index (Phi) is 3.60. The van der Waals surface area contributed by atoms with Gasteiger partial charge in [-0.05, 0) is 12.1 Å². The first kappa shape index (κ1) is 10.9. The summed E-state index contributed by atoms with van der Waals surface area (Å²) >= 11 is 4.82. The number of oxime groups is 1. The Morgan fingerprint density at radius 1 is 1.67 bits per heavy atom. The van der Waals surface area contributed by atoms with Gasteiger partial charge in [-0.2, -0.15) is 5.26 Å². The van der Waals surface area contributed by atoms with Gasteiger partial charge in [0.25, 0.3) is 5.69 Å². The summed E-state index contributed by atoms with van der Waals surface area (Å²) in [7, 11) is 0. The molecule has 0 aliphatic heterocycles. The van der Waals surface area contributed by atoms with E-state index in [1.807, 2.05) is 0 Å². The van der Waals surface area contributed by atoms with E-state index in [0.29, 0.717) is 0 Å².